The first-order valence-corrected chi connectivity index (χ1v) is 10.8. The number of aryl methyl sites for hydroxylation is 2. The summed E-state index contributed by atoms with van der Waals surface area (Å²) in [7, 11) is 0. The molecule has 0 saturated heterocycles. The van der Waals surface area contributed by atoms with Crippen LogP contribution in [0.1, 0.15) is 41.3 Å². The highest BCUT2D eigenvalue weighted by Gasteiger charge is 2.18. The van der Waals surface area contributed by atoms with Crippen LogP contribution in [-0.4, -0.2) is 25.9 Å². The van der Waals surface area contributed by atoms with Gasteiger partial charge in [0.15, 0.2) is 6.10 Å². The van der Waals surface area contributed by atoms with Gasteiger partial charge in [0.05, 0.1) is 12.2 Å². The second-order valence-corrected chi connectivity index (χ2v) is 8.02. The lowest BCUT2D eigenvalue weighted by molar-refractivity contribution is -0.143. The molecule has 4 aromatic rings. The van der Waals surface area contributed by atoms with E-state index in [-0.39, 0.29) is 5.89 Å². The van der Waals surface area contributed by atoms with Crippen LogP contribution in [0.2, 0.25) is 5.15 Å². The zero-order valence-electron chi connectivity index (χ0n) is 18.5. The van der Waals surface area contributed by atoms with Gasteiger partial charge in [-0.1, -0.05) is 59.6 Å². The summed E-state index contributed by atoms with van der Waals surface area (Å²) in [5, 5.41) is 13.0. The number of carbonyl (C=O) groups excluding carboxylic acids is 1. The number of hydrogen-bond acceptors (Lipinski definition) is 6. The Hall–Kier alpha value is -3.71. The first-order chi connectivity index (χ1) is 15.9. The van der Waals surface area contributed by atoms with Crippen molar-refractivity contribution < 1.29 is 13.9 Å². The van der Waals surface area contributed by atoms with Crippen LogP contribution in [0.3, 0.4) is 0 Å². The molecule has 0 aliphatic heterocycles. The molecule has 1 unspecified atom stereocenters. The molecule has 4 rings (SSSR count). The summed E-state index contributed by atoms with van der Waals surface area (Å²) >= 11 is 6.52. The van der Waals surface area contributed by atoms with Crippen molar-refractivity contribution in [2.24, 2.45) is 0 Å². The highest BCUT2D eigenvalue weighted by atomic mass is 35.5. The Morgan fingerprint density at radius 2 is 1.85 bits per heavy atom. The predicted molar refractivity (Wildman–Crippen MR) is 126 cm³/mol. The fourth-order valence-corrected chi connectivity index (χ4v) is 3.54. The van der Waals surface area contributed by atoms with Gasteiger partial charge in [0.1, 0.15) is 5.15 Å². The molecule has 0 aliphatic rings. The van der Waals surface area contributed by atoms with Crippen molar-refractivity contribution in [1.82, 2.24) is 20.0 Å². The van der Waals surface area contributed by atoms with Gasteiger partial charge in [-0.15, -0.1) is 10.2 Å². The van der Waals surface area contributed by atoms with Gasteiger partial charge in [0.2, 0.25) is 5.89 Å². The largest absolute Gasteiger partial charge is 0.449 e. The normalized spacial score (nSPS) is 12.2. The molecule has 2 aromatic carbocycles. The van der Waals surface area contributed by atoms with Crippen LogP contribution in [0.5, 0.6) is 0 Å². The quantitative estimate of drug-likeness (QED) is 0.264. The van der Waals surface area contributed by atoms with Gasteiger partial charge in [-0.05, 0) is 44.5 Å². The number of rotatable bonds is 7. The lowest BCUT2D eigenvalue weighted by atomic mass is 10.1. The molecular weight excluding hydrogens is 440 g/mol. The van der Waals surface area contributed by atoms with E-state index < -0.39 is 12.1 Å². The molecule has 1 atom stereocenters. The first-order valence-electron chi connectivity index (χ1n) is 10.5. The van der Waals surface area contributed by atoms with E-state index in [0.717, 1.165) is 11.1 Å². The van der Waals surface area contributed by atoms with Crippen LogP contribution >= 0.6 is 11.6 Å². The van der Waals surface area contributed by atoms with E-state index in [1.54, 1.807) is 17.7 Å². The van der Waals surface area contributed by atoms with Crippen LogP contribution in [0.15, 0.2) is 65.1 Å². The molecule has 33 heavy (non-hydrogen) atoms. The van der Waals surface area contributed by atoms with Gasteiger partial charge in [0, 0.05) is 17.2 Å². The van der Waals surface area contributed by atoms with Crippen molar-refractivity contribution in [2.75, 3.05) is 0 Å². The lowest BCUT2D eigenvalue weighted by Gasteiger charge is -2.06. The minimum Gasteiger partial charge on any atom is -0.449 e. The molecule has 0 spiro atoms. The SMILES string of the molecule is Cc1ccc(Cn2nc(C)c(/C=C/C(=O)OC(C)c3nnc(-c4ccccc4)o3)c2Cl)cc1. The third-order valence-corrected chi connectivity index (χ3v) is 5.45. The standard InChI is InChI=1S/C25H23ClN4O3/c1-16-9-11-19(12-10-16)15-30-23(26)21(17(2)29-30)13-14-22(31)32-18(3)24-27-28-25(33-24)20-7-5-4-6-8-20/h4-14,18H,15H2,1-3H3/b14-13+. The molecule has 0 amide bonds. The molecule has 168 valence electrons. The maximum absolute atomic E-state index is 12.4. The summed E-state index contributed by atoms with van der Waals surface area (Å²) in [6.07, 6.45) is 2.22. The number of halogens is 1. The number of hydrogen-bond donors (Lipinski definition) is 0. The molecule has 7 nitrogen and oxygen atoms in total. The minimum absolute atomic E-state index is 0.218. The van der Waals surface area contributed by atoms with Crippen molar-refractivity contribution >= 4 is 23.6 Å². The Labute approximate surface area is 196 Å². The van der Waals surface area contributed by atoms with Crippen LogP contribution in [-0.2, 0) is 16.1 Å². The van der Waals surface area contributed by atoms with Crippen molar-refractivity contribution in [3.05, 3.63) is 94.1 Å². The van der Waals surface area contributed by atoms with Crippen LogP contribution in [0.4, 0.5) is 0 Å². The zero-order chi connectivity index (χ0) is 23.4. The molecule has 0 N–H and O–H groups in total. The van der Waals surface area contributed by atoms with E-state index in [9.17, 15) is 4.79 Å². The Morgan fingerprint density at radius 1 is 1.12 bits per heavy atom. The number of aromatic nitrogens is 4. The summed E-state index contributed by atoms with van der Waals surface area (Å²) < 4.78 is 12.8. The molecule has 2 heterocycles. The van der Waals surface area contributed by atoms with Crippen molar-refractivity contribution in [3.63, 3.8) is 0 Å². The highest BCUT2D eigenvalue weighted by molar-refractivity contribution is 6.31. The second kappa shape index (κ2) is 9.83. The Balaban J connectivity index is 1.41. The first kappa shape index (κ1) is 22.5. The van der Waals surface area contributed by atoms with Crippen LogP contribution in [0, 0.1) is 13.8 Å². The van der Waals surface area contributed by atoms with E-state index in [4.69, 9.17) is 20.8 Å². The monoisotopic (exact) mass is 462 g/mol. The zero-order valence-corrected chi connectivity index (χ0v) is 19.3. The van der Waals surface area contributed by atoms with E-state index in [0.29, 0.717) is 28.8 Å². The summed E-state index contributed by atoms with van der Waals surface area (Å²) in [6.45, 7) is 6.09. The van der Waals surface area contributed by atoms with Gasteiger partial charge in [-0.3, -0.25) is 0 Å². The molecule has 0 radical (unpaired) electrons. The molecule has 0 fully saturated rings. The van der Waals surface area contributed by atoms with Gasteiger partial charge in [0.25, 0.3) is 5.89 Å². The fourth-order valence-electron chi connectivity index (χ4n) is 3.24. The maximum atomic E-state index is 12.4. The third-order valence-electron chi connectivity index (χ3n) is 5.05. The molecule has 0 aliphatic carbocycles. The number of carbonyl (C=O) groups is 1. The Bertz CT molecular complexity index is 1280. The van der Waals surface area contributed by atoms with E-state index in [1.165, 1.54) is 11.6 Å². The van der Waals surface area contributed by atoms with E-state index >= 15 is 0 Å². The van der Waals surface area contributed by atoms with Gasteiger partial charge in [-0.2, -0.15) is 5.10 Å². The predicted octanol–water partition coefficient (Wildman–Crippen LogP) is 5.57. The average molecular weight is 463 g/mol. The third kappa shape index (κ3) is 5.38. The molecular formula is C25H23ClN4O3. The molecule has 0 saturated carbocycles. The molecule has 2 aromatic heterocycles. The number of esters is 1. The van der Waals surface area contributed by atoms with Crippen LogP contribution < -0.4 is 0 Å². The number of ether oxygens (including phenoxy) is 1. The van der Waals surface area contributed by atoms with Crippen molar-refractivity contribution in [3.8, 4) is 11.5 Å². The maximum Gasteiger partial charge on any atom is 0.331 e. The summed E-state index contributed by atoms with van der Waals surface area (Å²) in [6, 6.07) is 17.6. The highest BCUT2D eigenvalue weighted by Crippen LogP contribution is 2.24. The average Bonchev–Trinajstić information content (AvgIpc) is 3.40. The van der Waals surface area contributed by atoms with E-state index in [1.807, 2.05) is 68.4 Å². The van der Waals surface area contributed by atoms with Crippen molar-refractivity contribution in [2.45, 2.75) is 33.4 Å². The fraction of sp³-hybridized carbons (Fsp3) is 0.200. The smallest absolute Gasteiger partial charge is 0.331 e. The Morgan fingerprint density at radius 3 is 2.58 bits per heavy atom. The lowest BCUT2D eigenvalue weighted by Crippen LogP contribution is -2.06. The topological polar surface area (TPSA) is 83.0 Å². The number of nitrogens with zero attached hydrogens (tertiary/aromatic N) is 4. The summed E-state index contributed by atoms with van der Waals surface area (Å²) in [5.74, 6) is 0.0342. The Kier molecular flexibility index (Phi) is 6.70. The second-order valence-electron chi connectivity index (χ2n) is 7.66. The van der Waals surface area contributed by atoms with Crippen LogP contribution in [0.25, 0.3) is 17.5 Å². The minimum atomic E-state index is -0.701. The van der Waals surface area contributed by atoms with Crippen molar-refractivity contribution in [1.29, 1.82) is 0 Å². The van der Waals surface area contributed by atoms with E-state index in [2.05, 4.69) is 15.3 Å². The summed E-state index contributed by atoms with van der Waals surface area (Å²) in [5.41, 5.74) is 4.45. The summed E-state index contributed by atoms with van der Waals surface area (Å²) in [4.78, 5) is 12.4. The number of benzene rings is 2. The van der Waals surface area contributed by atoms with Gasteiger partial charge in [-0.25, -0.2) is 9.48 Å². The van der Waals surface area contributed by atoms with Gasteiger partial charge >= 0.3 is 5.97 Å². The van der Waals surface area contributed by atoms with Gasteiger partial charge < -0.3 is 9.15 Å². The molecule has 8 heteroatoms. The molecule has 0 bridgehead atoms.